The van der Waals surface area contributed by atoms with Gasteiger partial charge in [0.1, 0.15) is 4.21 Å². The predicted octanol–water partition coefficient (Wildman–Crippen LogP) is 1.53. The molecule has 0 aromatic carbocycles. The molecule has 23 heavy (non-hydrogen) atoms. The molecule has 9 heteroatoms. The summed E-state index contributed by atoms with van der Waals surface area (Å²) in [4.78, 5) is 13.9. The van der Waals surface area contributed by atoms with Gasteiger partial charge in [-0.25, -0.2) is 13.1 Å². The molecule has 0 spiro atoms. The van der Waals surface area contributed by atoms with Gasteiger partial charge in [0.05, 0.1) is 10.9 Å². The van der Waals surface area contributed by atoms with Gasteiger partial charge < -0.3 is 10.2 Å². The number of nitrogens with one attached hydrogen (secondary N) is 2. The molecule has 1 saturated heterocycles. The average molecular weight is 380 g/mol. The monoisotopic (exact) mass is 379 g/mol. The Morgan fingerprint density at radius 2 is 2.09 bits per heavy atom. The molecule has 2 heterocycles. The topological polar surface area (TPSA) is 78.5 Å². The summed E-state index contributed by atoms with van der Waals surface area (Å²) in [6.45, 7) is 2.17. The van der Waals surface area contributed by atoms with Gasteiger partial charge in [-0.1, -0.05) is 11.6 Å². The highest BCUT2D eigenvalue weighted by Gasteiger charge is 2.24. The van der Waals surface area contributed by atoms with Crippen LogP contribution in [0.25, 0.3) is 0 Å². The van der Waals surface area contributed by atoms with Crippen molar-refractivity contribution in [3.05, 3.63) is 16.5 Å². The smallest absolute Gasteiger partial charge is 0.250 e. The minimum absolute atomic E-state index is 0.126. The zero-order valence-electron chi connectivity index (χ0n) is 13.0. The van der Waals surface area contributed by atoms with Crippen LogP contribution >= 0.6 is 22.9 Å². The lowest BCUT2D eigenvalue weighted by molar-refractivity contribution is -0.131. The summed E-state index contributed by atoms with van der Waals surface area (Å²) in [5.74, 6) is 0.458. The molecule has 2 N–H and O–H groups in total. The first-order chi connectivity index (χ1) is 10.9. The number of carbonyl (C=O) groups excluding carboxylic acids is 1. The molecule has 1 amide bonds. The number of halogens is 1. The van der Waals surface area contributed by atoms with Gasteiger partial charge in [-0.15, -0.1) is 11.3 Å². The molecule has 1 aliphatic rings. The van der Waals surface area contributed by atoms with Crippen LogP contribution in [-0.4, -0.2) is 52.5 Å². The molecule has 0 atom stereocenters. The van der Waals surface area contributed by atoms with E-state index in [1.54, 1.807) is 4.90 Å². The number of amides is 1. The van der Waals surface area contributed by atoms with Crippen molar-refractivity contribution in [2.45, 2.75) is 23.5 Å². The van der Waals surface area contributed by atoms with Crippen LogP contribution < -0.4 is 10.0 Å². The number of thiophene rings is 1. The van der Waals surface area contributed by atoms with Gasteiger partial charge in [0.15, 0.2) is 0 Å². The summed E-state index contributed by atoms with van der Waals surface area (Å²) in [7, 11) is -1.73. The van der Waals surface area contributed by atoms with Crippen LogP contribution in [0.3, 0.4) is 0 Å². The van der Waals surface area contributed by atoms with Gasteiger partial charge in [0, 0.05) is 13.1 Å². The van der Waals surface area contributed by atoms with Crippen molar-refractivity contribution in [3.63, 3.8) is 0 Å². The third-order valence-corrected chi connectivity index (χ3v) is 7.12. The van der Waals surface area contributed by atoms with Crippen molar-refractivity contribution in [1.29, 1.82) is 0 Å². The maximum Gasteiger partial charge on any atom is 0.250 e. The highest BCUT2D eigenvalue weighted by atomic mass is 35.5. The van der Waals surface area contributed by atoms with Crippen molar-refractivity contribution < 1.29 is 13.2 Å². The van der Waals surface area contributed by atoms with Crippen LogP contribution in [0.15, 0.2) is 16.3 Å². The maximum atomic E-state index is 12.2. The van der Waals surface area contributed by atoms with Crippen molar-refractivity contribution in [2.75, 3.05) is 33.2 Å². The predicted molar refractivity (Wildman–Crippen MR) is 92.4 cm³/mol. The molecule has 0 aliphatic carbocycles. The van der Waals surface area contributed by atoms with Crippen molar-refractivity contribution in [1.82, 2.24) is 14.9 Å². The van der Waals surface area contributed by atoms with E-state index in [1.807, 2.05) is 7.05 Å². The summed E-state index contributed by atoms with van der Waals surface area (Å²) in [5, 5.41) is 3.14. The van der Waals surface area contributed by atoms with E-state index < -0.39 is 10.0 Å². The van der Waals surface area contributed by atoms with Crippen LogP contribution in [0.5, 0.6) is 0 Å². The van der Waals surface area contributed by atoms with E-state index in [-0.39, 0.29) is 16.7 Å². The molecule has 0 bridgehead atoms. The van der Waals surface area contributed by atoms with E-state index in [2.05, 4.69) is 10.0 Å². The first-order valence-corrected chi connectivity index (χ1v) is 10.3. The summed E-state index contributed by atoms with van der Waals surface area (Å²) in [6.07, 6.45) is 3.06. The van der Waals surface area contributed by atoms with Crippen LogP contribution in [0.2, 0.25) is 4.34 Å². The van der Waals surface area contributed by atoms with E-state index in [9.17, 15) is 13.2 Å². The second-order valence-corrected chi connectivity index (χ2v) is 9.31. The Hall–Kier alpha value is -0.670. The Bertz CT molecular complexity index is 625. The van der Waals surface area contributed by atoms with Gasteiger partial charge in [0.25, 0.3) is 10.0 Å². The molecule has 1 aromatic rings. The van der Waals surface area contributed by atoms with E-state index in [1.165, 1.54) is 12.1 Å². The first-order valence-electron chi connectivity index (χ1n) is 7.60. The van der Waals surface area contributed by atoms with E-state index in [4.69, 9.17) is 11.6 Å². The van der Waals surface area contributed by atoms with Crippen LogP contribution in [0.4, 0.5) is 0 Å². The summed E-state index contributed by atoms with van der Waals surface area (Å²) in [6, 6.07) is 2.96. The first kappa shape index (κ1) is 18.7. The Balaban J connectivity index is 1.79. The standard InChI is InChI=1S/C14H22ClN3O3S2/c1-16-7-4-11-5-8-18(9-6-11)13(19)10-17-23(20,21)14-3-2-12(15)22-14/h2-3,11,16-17H,4-10H2,1H3. The van der Waals surface area contributed by atoms with Gasteiger partial charge in [-0.05, 0) is 50.9 Å². The summed E-state index contributed by atoms with van der Waals surface area (Å²) < 4.78 is 27.0. The Morgan fingerprint density at radius 1 is 1.39 bits per heavy atom. The Labute approximate surface area is 146 Å². The van der Waals surface area contributed by atoms with Crippen LogP contribution in [0.1, 0.15) is 19.3 Å². The Morgan fingerprint density at radius 3 is 2.65 bits per heavy atom. The molecular weight excluding hydrogens is 358 g/mol. The SMILES string of the molecule is CNCCC1CCN(C(=O)CNS(=O)(=O)c2ccc(Cl)s2)CC1. The maximum absolute atomic E-state index is 12.2. The fourth-order valence-electron chi connectivity index (χ4n) is 2.60. The van der Waals surface area contributed by atoms with Gasteiger partial charge in [-0.2, -0.15) is 0 Å². The van der Waals surface area contributed by atoms with Crippen LogP contribution in [-0.2, 0) is 14.8 Å². The second kappa shape index (κ2) is 8.43. The number of rotatable bonds is 7. The summed E-state index contributed by atoms with van der Waals surface area (Å²) >= 11 is 6.72. The molecule has 0 saturated carbocycles. The molecule has 0 unspecified atom stereocenters. The number of likely N-dealkylation sites (tertiary alicyclic amines) is 1. The minimum Gasteiger partial charge on any atom is -0.342 e. The van der Waals surface area contributed by atoms with Gasteiger partial charge >= 0.3 is 0 Å². The lowest BCUT2D eigenvalue weighted by Crippen LogP contribution is -2.44. The number of hydrogen-bond donors (Lipinski definition) is 2. The highest BCUT2D eigenvalue weighted by molar-refractivity contribution is 7.91. The third kappa shape index (κ3) is 5.42. The summed E-state index contributed by atoms with van der Waals surface area (Å²) in [5.41, 5.74) is 0. The molecule has 1 fully saturated rings. The normalized spacial score (nSPS) is 16.7. The average Bonchev–Trinajstić information content (AvgIpc) is 2.98. The van der Waals surface area contributed by atoms with Gasteiger partial charge in [0.2, 0.25) is 5.91 Å². The molecule has 130 valence electrons. The number of sulfonamides is 1. The van der Waals surface area contributed by atoms with Crippen molar-refractivity contribution in [2.24, 2.45) is 5.92 Å². The minimum atomic E-state index is -3.67. The highest BCUT2D eigenvalue weighted by Crippen LogP contribution is 2.25. The molecule has 6 nitrogen and oxygen atoms in total. The van der Waals surface area contributed by atoms with Crippen molar-refractivity contribution >= 4 is 38.9 Å². The van der Waals surface area contributed by atoms with Crippen molar-refractivity contribution in [3.8, 4) is 0 Å². The lowest BCUT2D eigenvalue weighted by Gasteiger charge is -2.32. The van der Waals surface area contributed by atoms with E-state index in [0.29, 0.717) is 23.3 Å². The number of hydrogen-bond acceptors (Lipinski definition) is 5. The Kier molecular flexibility index (Phi) is 6.84. The van der Waals surface area contributed by atoms with E-state index in [0.717, 1.165) is 37.1 Å². The molecule has 1 aliphatic heterocycles. The molecule has 2 rings (SSSR count). The second-order valence-electron chi connectivity index (χ2n) is 5.60. The molecule has 1 aromatic heterocycles. The largest absolute Gasteiger partial charge is 0.342 e. The number of piperidine rings is 1. The zero-order chi connectivity index (χ0) is 16.9. The van der Waals surface area contributed by atoms with E-state index >= 15 is 0 Å². The van der Waals surface area contributed by atoms with Crippen LogP contribution in [0, 0.1) is 5.92 Å². The van der Waals surface area contributed by atoms with Gasteiger partial charge in [-0.3, -0.25) is 4.79 Å². The fraction of sp³-hybridized carbons (Fsp3) is 0.643. The quantitative estimate of drug-likeness (QED) is 0.753. The number of carbonyl (C=O) groups is 1. The lowest BCUT2D eigenvalue weighted by atomic mass is 9.93. The fourth-order valence-corrected chi connectivity index (χ4v) is 5.10. The molecule has 0 radical (unpaired) electrons. The third-order valence-electron chi connectivity index (χ3n) is 4.00. The zero-order valence-corrected chi connectivity index (χ0v) is 15.4. The number of nitrogens with zero attached hydrogens (tertiary/aromatic N) is 1. The molecular formula is C14H22ClN3O3S2.